The lowest BCUT2D eigenvalue weighted by Gasteiger charge is -2.65. The first-order valence-electron chi connectivity index (χ1n) is 7.07. The van der Waals surface area contributed by atoms with Crippen LogP contribution in [0.25, 0.3) is 0 Å². The van der Waals surface area contributed by atoms with Crippen molar-refractivity contribution in [3.8, 4) is 0 Å². The van der Waals surface area contributed by atoms with Crippen LogP contribution in [0.15, 0.2) is 0 Å². The normalized spacial score (nSPS) is 51.2. The molecule has 3 fully saturated rings. The molecule has 2 saturated carbocycles. The summed E-state index contributed by atoms with van der Waals surface area (Å²) >= 11 is 0. The first-order chi connectivity index (χ1) is 8.14. The number of esters is 1. The monoisotopic (exact) mass is 252 g/mol. The Labute approximate surface area is 109 Å². The van der Waals surface area contributed by atoms with Gasteiger partial charge >= 0.3 is 5.97 Å². The van der Waals surface area contributed by atoms with Crippen LogP contribution in [-0.2, 0) is 14.3 Å². The Kier molecular flexibility index (Phi) is 2.16. The summed E-state index contributed by atoms with van der Waals surface area (Å²) in [6.07, 6.45) is 4.29. The van der Waals surface area contributed by atoms with Gasteiger partial charge < -0.3 is 9.47 Å². The van der Waals surface area contributed by atoms with Gasteiger partial charge in [0.1, 0.15) is 0 Å². The van der Waals surface area contributed by atoms with Crippen molar-refractivity contribution in [2.24, 2.45) is 16.7 Å². The SMILES string of the molecule is CC(C)(C)[C@]1(C)OC(=O)[C@@H]2C[C@@]3(C)CCC[C@@]23O1. The minimum Gasteiger partial charge on any atom is -0.432 e. The van der Waals surface area contributed by atoms with Crippen molar-refractivity contribution in [1.29, 1.82) is 0 Å². The highest BCUT2D eigenvalue weighted by Gasteiger charge is 2.74. The first kappa shape index (κ1) is 12.5. The number of ether oxygens (including phenoxy) is 2. The summed E-state index contributed by atoms with van der Waals surface area (Å²) in [5, 5.41) is 0. The fourth-order valence-electron chi connectivity index (χ4n) is 4.07. The van der Waals surface area contributed by atoms with Crippen LogP contribution in [0.4, 0.5) is 0 Å². The number of carbonyl (C=O) groups excluding carboxylic acids is 1. The summed E-state index contributed by atoms with van der Waals surface area (Å²) in [6, 6.07) is 0. The standard InChI is InChI=1S/C15H24O3/c1-12(2,3)14(5)17-11(16)10-9-13(4)7-6-8-15(10,13)18-14/h10H,6-9H2,1-5H3/t10-,13+,14+,15+/m0/s1. The molecule has 0 aromatic rings. The van der Waals surface area contributed by atoms with Gasteiger partial charge in [-0.2, -0.15) is 0 Å². The molecule has 2 aliphatic carbocycles. The Balaban J connectivity index is 2.00. The maximum absolute atomic E-state index is 12.3. The van der Waals surface area contributed by atoms with Crippen LogP contribution in [0.2, 0.25) is 0 Å². The maximum atomic E-state index is 12.3. The molecule has 0 aromatic carbocycles. The number of carbonyl (C=O) groups is 1. The van der Waals surface area contributed by atoms with E-state index in [1.165, 1.54) is 12.8 Å². The Hall–Kier alpha value is -0.570. The van der Waals surface area contributed by atoms with Crippen molar-refractivity contribution in [2.45, 2.75) is 71.7 Å². The third-order valence-electron chi connectivity index (χ3n) is 5.84. The molecule has 102 valence electrons. The molecule has 4 atom stereocenters. The summed E-state index contributed by atoms with van der Waals surface area (Å²) in [5.74, 6) is -0.870. The van der Waals surface area contributed by atoms with Gasteiger partial charge in [0.2, 0.25) is 5.79 Å². The zero-order valence-electron chi connectivity index (χ0n) is 12.1. The molecule has 0 aromatic heterocycles. The molecule has 3 aliphatic rings. The van der Waals surface area contributed by atoms with Gasteiger partial charge in [0, 0.05) is 12.3 Å². The molecule has 1 saturated heterocycles. The summed E-state index contributed by atoms with van der Waals surface area (Å²) in [7, 11) is 0. The van der Waals surface area contributed by atoms with Crippen LogP contribution < -0.4 is 0 Å². The Morgan fingerprint density at radius 3 is 2.44 bits per heavy atom. The van der Waals surface area contributed by atoms with E-state index in [4.69, 9.17) is 9.47 Å². The Morgan fingerprint density at radius 2 is 1.89 bits per heavy atom. The highest BCUT2D eigenvalue weighted by molar-refractivity contribution is 5.77. The second kappa shape index (κ2) is 3.12. The molecule has 1 heterocycles. The van der Waals surface area contributed by atoms with E-state index in [0.717, 1.165) is 12.8 Å². The average molecular weight is 252 g/mol. The number of hydrogen-bond donors (Lipinski definition) is 0. The minimum atomic E-state index is -0.799. The number of rotatable bonds is 0. The van der Waals surface area contributed by atoms with Crippen molar-refractivity contribution < 1.29 is 14.3 Å². The molecule has 0 amide bonds. The van der Waals surface area contributed by atoms with Gasteiger partial charge in [0.25, 0.3) is 0 Å². The highest BCUT2D eigenvalue weighted by Crippen LogP contribution is 2.69. The van der Waals surface area contributed by atoms with Crippen molar-refractivity contribution in [1.82, 2.24) is 0 Å². The van der Waals surface area contributed by atoms with Gasteiger partial charge in [-0.1, -0.05) is 27.7 Å². The number of hydrogen-bond acceptors (Lipinski definition) is 3. The van der Waals surface area contributed by atoms with Crippen LogP contribution in [0.5, 0.6) is 0 Å². The van der Waals surface area contributed by atoms with Crippen LogP contribution in [0.3, 0.4) is 0 Å². The Bertz CT molecular complexity index is 410. The fraction of sp³-hybridized carbons (Fsp3) is 0.933. The zero-order chi connectivity index (χ0) is 13.4. The minimum absolute atomic E-state index is 0.0274. The lowest BCUT2D eigenvalue weighted by atomic mass is 9.52. The summed E-state index contributed by atoms with van der Waals surface area (Å²) < 4.78 is 12.1. The van der Waals surface area contributed by atoms with E-state index in [1.54, 1.807) is 0 Å². The van der Waals surface area contributed by atoms with Gasteiger partial charge in [-0.05, 0) is 31.1 Å². The van der Waals surface area contributed by atoms with Crippen molar-refractivity contribution in [2.75, 3.05) is 0 Å². The van der Waals surface area contributed by atoms with E-state index in [9.17, 15) is 4.79 Å². The molecule has 18 heavy (non-hydrogen) atoms. The summed E-state index contributed by atoms with van der Waals surface area (Å²) in [5.41, 5.74) is -0.268. The third-order valence-corrected chi connectivity index (χ3v) is 5.84. The Morgan fingerprint density at radius 1 is 1.22 bits per heavy atom. The molecular formula is C15H24O3. The lowest BCUT2D eigenvalue weighted by Crippen LogP contribution is -2.72. The predicted molar refractivity (Wildman–Crippen MR) is 67.8 cm³/mol. The van der Waals surface area contributed by atoms with Crippen molar-refractivity contribution >= 4 is 5.97 Å². The summed E-state index contributed by atoms with van der Waals surface area (Å²) in [4.78, 5) is 12.3. The van der Waals surface area contributed by atoms with E-state index in [2.05, 4.69) is 27.7 Å². The van der Waals surface area contributed by atoms with Gasteiger partial charge in [-0.25, -0.2) is 0 Å². The molecule has 1 aliphatic heterocycles. The second-order valence-electron chi connectivity index (χ2n) is 7.78. The first-order valence-corrected chi connectivity index (χ1v) is 7.07. The molecule has 0 radical (unpaired) electrons. The zero-order valence-corrected chi connectivity index (χ0v) is 12.1. The predicted octanol–water partition coefficient (Wildman–Crippen LogP) is 3.27. The maximum Gasteiger partial charge on any atom is 0.314 e. The van der Waals surface area contributed by atoms with Crippen molar-refractivity contribution in [3.63, 3.8) is 0 Å². The van der Waals surface area contributed by atoms with Crippen LogP contribution >= 0.6 is 0 Å². The van der Waals surface area contributed by atoms with Gasteiger partial charge in [-0.15, -0.1) is 0 Å². The van der Waals surface area contributed by atoms with Crippen LogP contribution in [-0.4, -0.2) is 17.4 Å². The van der Waals surface area contributed by atoms with E-state index in [0.29, 0.717) is 0 Å². The molecule has 0 unspecified atom stereocenters. The molecule has 3 rings (SSSR count). The van der Waals surface area contributed by atoms with Gasteiger partial charge in [-0.3, -0.25) is 4.79 Å². The molecule has 0 bridgehead atoms. The van der Waals surface area contributed by atoms with Crippen LogP contribution in [0, 0.1) is 16.7 Å². The van der Waals surface area contributed by atoms with Crippen LogP contribution in [0.1, 0.15) is 60.3 Å². The highest BCUT2D eigenvalue weighted by atomic mass is 16.7. The lowest BCUT2D eigenvalue weighted by molar-refractivity contribution is -0.391. The van der Waals surface area contributed by atoms with E-state index in [-0.39, 0.29) is 28.3 Å². The molecule has 0 N–H and O–H groups in total. The van der Waals surface area contributed by atoms with Gasteiger partial charge in [0.15, 0.2) is 0 Å². The molecule has 3 heteroatoms. The number of cyclic esters (lactones) is 1. The second-order valence-corrected chi connectivity index (χ2v) is 7.78. The average Bonchev–Trinajstić information content (AvgIpc) is 2.42. The fourth-order valence-corrected chi connectivity index (χ4v) is 4.07. The summed E-state index contributed by atoms with van der Waals surface area (Å²) in [6.45, 7) is 10.4. The molecular weight excluding hydrogens is 228 g/mol. The van der Waals surface area contributed by atoms with E-state index < -0.39 is 5.79 Å². The third kappa shape index (κ3) is 1.21. The quantitative estimate of drug-likeness (QED) is 0.621. The molecule has 3 nitrogen and oxygen atoms in total. The topological polar surface area (TPSA) is 35.5 Å². The van der Waals surface area contributed by atoms with Gasteiger partial charge in [0.05, 0.1) is 11.5 Å². The molecule has 1 spiro atoms. The van der Waals surface area contributed by atoms with E-state index in [1.807, 2.05) is 6.92 Å². The van der Waals surface area contributed by atoms with Crippen molar-refractivity contribution in [3.05, 3.63) is 0 Å². The largest absolute Gasteiger partial charge is 0.432 e. The smallest absolute Gasteiger partial charge is 0.314 e. The van der Waals surface area contributed by atoms with E-state index >= 15 is 0 Å².